The molecule has 0 aliphatic carbocycles. The quantitative estimate of drug-likeness (QED) is 0.297. The summed E-state index contributed by atoms with van der Waals surface area (Å²) in [6.45, 7) is 3.98. The molecule has 17 heteroatoms. The van der Waals surface area contributed by atoms with Crippen molar-refractivity contribution in [3.05, 3.63) is 56.5 Å². The fraction of sp³-hybridized carbons (Fsp3) is 0.273. The van der Waals surface area contributed by atoms with Gasteiger partial charge in [0.15, 0.2) is 10.7 Å². The number of halogens is 3. The van der Waals surface area contributed by atoms with Crippen molar-refractivity contribution >= 4 is 49.9 Å². The van der Waals surface area contributed by atoms with Gasteiger partial charge in [-0.15, -0.1) is 4.40 Å². The van der Waals surface area contributed by atoms with Crippen molar-refractivity contribution in [2.24, 2.45) is 10.3 Å². The molecule has 1 amide bonds. The standard InChI is InChI=1S/C22H19F3N6O7S/c1-10(2)7-9-30-19-11(4-3-8-26-19)16(32)14(20(30)33)18-27-13-6-5-12(28-21(34)22(23,24)25)15(31(35)36)17(13)39(37,38)29-18/h3-6,8,10,32H,7,9H2,1-2H3,(H,27,29)(H,28,34). The number of sulfonamides is 1. The van der Waals surface area contributed by atoms with Crippen LogP contribution in [-0.2, 0) is 21.4 Å². The maximum atomic E-state index is 13.5. The highest BCUT2D eigenvalue weighted by Crippen LogP contribution is 2.42. The average Bonchev–Trinajstić information content (AvgIpc) is 2.83. The molecule has 1 aliphatic heterocycles. The molecule has 0 spiro atoms. The molecule has 3 heterocycles. The first-order valence-corrected chi connectivity index (χ1v) is 12.6. The maximum Gasteiger partial charge on any atom is 0.471 e. The summed E-state index contributed by atoms with van der Waals surface area (Å²) in [5.41, 5.74) is -4.22. The fourth-order valence-corrected chi connectivity index (χ4v) is 5.20. The highest BCUT2D eigenvalue weighted by Gasteiger charge is 2.42. The molecule has 39 heavy (non-hydrogen) atoms. The van der Waals surface area contributed by atoms with Crippen LogP contribution in [0.5, 0.6) is 5.75 Å². The molecule has 2 aromatic heterocycles. The summed E-state index contributed by atoms with van der Waals surface area (Å²) in [5.74, 6) is -3.72. The summed E-state index contributed by atoms with van der Waals surface area (Å²) >= 11 is 0. The Balaban J connectivity index is 1.92. The fourth-order valence-electron chi connectivity index (χ4n) is 3.90. The molecule has 1 aromatic carbocycles. The van der Waals surface area contributed by atoms with E-state index in [9.17, 15) is 46.4 Å². The Morgan fingerprint density at radius 3 is 2.59 bits per heavy atom. The molecular formula is C22H19F3N6O7S. The van der Waals surface area contributed by atoms with E-state index < -0.39 is 71.7 Å². The SMILES string of the molecule is CC(C)CCn1c(=O)c(C2=NS(=O)(=O)c3c(ccc(NC(=O)C(F)(F)F)c3[N+](=O)[O-])N2)c(O)c2cccnc21. The second kappa shape index (κ2) is 9.64. The number of aromatic hydroxyl groups is 1. The van der Waals surface area contributed by atoms with Gasteiger partial charge in [0.2, 0.25) is 0 Å². The zero-order chi connectivity index (χ0) is 28.9. The van der Waals surface area contributed by atoms with Gasteiger partial charge in [-0.3, -0.25) is 24.3 Å². The van der Waals surface area contributed by atoms with Crippen LogP contribution in [0.3, 0.4) is 0 Å². The molecule has 1 aliphatic rings. The van der Waals surface area contributed by atoms with Gasteiger partial charge in [-0.1, -0.05) is 13.8 Å². The Labute approximate surface area is 217 Å². The van der Waals surface area contributed by atoms with E-state index in [1.165, 1.54) is 28.2 Å². The summed E-state index contributed by atoms with van der Waals surface area (Å²) in [6, 6.07) is 4.47. The van der Waals surface area contributed by atoms with Gasteiger partial charge in [-0.2, -0.15) is 21.6 Å². The Hall–Kier alpha value is -4.54. The van der Waals surface area contributed by atoms with Crippen molar-refractivity contribution in [3.8, 4) is 5.75 Å². The summed E-state index contributed by atoms with van der Waals surface area (Å²) < 4.78 is 69.1. The van der Waals surface area contributed by atoms with E-state index in [0.29, 0.717) is 12.5 Å². The number of nitro benzene ring substituents is 1. The molecule has 0 saturated heterocycles. The predicted octanol–water partition coefficient (Wildman–Crippen LogP) is 3.12. The summed E-state index contributed by atoms with van der Waals surface area (Å²) in [6.07, 6.45) is -3.49. The van der Waals surface area contributed by atoms with E-state index >= 15 is 0 Å². The lowest BCUT2D eigenvalue weighted by Gasteiger charge is -2.21. The van der Waals surface area contributed by atoms with Gasteiger partial charge in [0.1, 0.15) is 22.6 Å². The first kappa shape index (κ1) is 27.5. The third-order valence-electron chi connectivity index (χ3n) is 5.70. The van der Waals surface area contributed by atoms with Gasteiger partial charge < -0.3 is 15.7 Å². The molecule has 0 bridgehead atoms. The van der Waals surface area contributed by atoms with Gasteiger partial charge in [0.25, 0.3) is 15.6 Å². The number of anilines is 2. The van der Waals surface area contributed by atoms with Crippen molar-refractivity contribution < 1.29 is 36.4 Å². The lowest BCUT2D eigenvalue weighted by molar-refractivity contribution is -0.386. The van der Waals surface area contributed by atoms with Crippen LogP contribution in [0.2, 0.25) is 0 Å². The third kappa shape index (κ3) is 4.99. The third-order valence-corrected chi connectivity index (χ3v) is 7.05. The number of alkyl halides is 3. The number of pyridine rings is 2. The van der Waals surface area contributed by atoms with Crippen molar-refractivity contribution in [2.75, 3.05) is 10.6 Å². The number of hydrogen-bond acceptors (Lipinski definition) is 9. The number of rotatable bonds is 6. The van der Waals surface area contributed by atoms with Crippen LogP contribution >= 0.6 is 0 Å². The first-order valence-electron chi connectivity index (χ1n) is 11.2. The Kier molecular flexibility index (Phi) is 6.80. The van der Waals surface area contributed by atoms with E-state index in [1.807, 2.05) is 13.8 Å². The molecule has 3 N–H and O–H groups in total. The topological polar surface area (TPSA) is 186 Å². The number of amidine groups is 1. The molecule has 0 unspecified atom stereocenters. The number of aromatic nitrogens is 2. The number of aryl methyl sites for hydroxylation is 1. The largest absolute Gasteiger partial charge is 0.506 e. The first-order chi connectivity index (χ1) is 18.1. The van der Waals surface area contributed by atoms with E-state index in [0.717, 1.165) is 6.07 Å². The monoisotopic (exact) mass is 568 g/mol. The molecule has 4 rings (SSSR count). The van der Waals surface area contributed by atoms with E-state index in [2.05, 4.69) is 14.7 Å². The van der Waals surface area contributed by atoms with Crippen LogP contribution in [0, 0.1) is 16.0 Å². The molecule has 0 saturated carbocycles. The van der Waals surface area contributed by atoms with E-state index in [1.54, 1.807) is 0 Å². The van der Waals surface area contributed by atoms with Crippen LogP contribution in [0.4, 0.5) is 30.2 Å². The van der Waals surface area contributed by atoms with Crippen LogP contribution in [0.25, 0.3) is 11.0 Å². The van der Waals surface area contributed by atoms with Gasteiger partial charge in [0, 0.05) is 12.7 Å². The molecule has 206 valence electrons. The van der Waals surface area contributed by atoms with Crippen LogP contribution in [0.1, 0.15) is 25.8 Å². The Morgan fingerprint density at radius 2 is 1.97 bits per heavy atom. The number of amides is 1. The van der Waals surface area contributed by atoms with Gasteiger partial charge in [-0.25, -0.2) is 4.98 Å². The minimum Gasteiger partial charge on any atom is -0.506 e. The number of hydrogen-bond donors (Lipinski definition) is 3. The highest BCUT2D eigenvalue weighted by atomic mass is 32.2. The maximum absolute atomic E-state index is 13.5. The summed E-state index contributed by atoms with van der Waals surface area (Å²) in [7, 11) is -5.06. The van der Waals surface area contributed by atoms with Gasteiger partial charge >= 0.3 is 17.8 Å². The lowest BCUT2D eigenvalue weighted by Crippen LogP contribution is -2.33. The van der Waals surface area contributed by atoms with Crippen molar-refractivity contribution in [3.63, 3.8) is 0 Å². The molecule has 0 atom stereocenters. The number of fused-ring (bicyclic) bond motifs is 2. The number of nitrogens with one attached hydrogen (secondary N) is 2. The van der Waals surface area contributed by atoms with Crippen molar-refractivity contribution in [2.45, 2.75) is 37.9 Å². The Morgan fingerprint density at radius 1 is 1.28 bits per heavy atom. The van der Waals surface area contributed by atoms with Crippen molar-refractivity contribution in [1.82, 2.24) is 9.55 Å². The highest BCUT2D eigenvalue weighted by molar-refractivity contribution is 7.90. The van der Waals surface area contributed by atoms with E-state index in [4.69, 9.17) is 0 Å². The predicted molar refractivity (Wildman–Crippen MR) is 132 cm³/mol. The molecule has 0 fully saturated rings. The Bertz CT molecular complexity index is 1730. The molecular weight excluding hydrogens is 549 g/mol. The molecule has 3 aromatic rings. The second-order valence-electron chi connectivity index (χ2n) is 8.82. The normalized spacial score (nSPS) is 14.5. The van der Waals surface area contributed by atoms with Crippen LogP contribution in [-0.4, -0.2) is 45.9 Å². The number of nitrogens with zero attached hydrogens (tertiary/aromatic N) is 4. The van der Waals surface area contributed by atoms with Crippen molar-refractivity contribution in [1.29, 1.82) is 0 Å². The van der Waals surface area contributed by atoms with Crippen LogP contribution < -0.4 is 16.2 Å². The molecule has 13 nitrogen and oxygen atoms in total. The number of nitro groups is 1. The minimum absolute atomic E-state index is 0.0970. The lowest BCUT2D eigenvalue weighted by atomic mass is 10.1. The molecule has 0 radical (unpaired) electrons. The zero-order valence-electron chi connectivity index (χ0n) is 20.1. The van der Waals surface area contributed by atoms with Gasteiger partial charge in [-0.05, 0) is 36.6 Å². The summed E-state index contributed by atoms with van der Waals surface area (Å²) in [5, 5.41) is 26.5. The van der Waals surface area contributed by atoms with E-state index in [-0.39, 0.29) is 23.5 Å². The number of carbonyl (C=O) groups is 1. The van der Waals surface area contributed by atoms with Crippen LogP contribution in [0.15, 0.2) is 44.6 Å². The van der Waals surface area contributed by atoms with Gasteiger partial charge in [0.05, 0.1) is 16.0 Å². The number of carbonyl (C=O) groups excluding carboxylic acids is 1. The smallest absolute Gasteiger partial charge is 0.471 e. The second-order valence-corrected chi connectivity index (χ2v) is 10.4. The number of benzene rings is 1. The zero-order valence-corrected chi connectivity index (χ0v) is 20.9. The minimum atomic E-state index is -5.41. The summed E-state index contributed by atoms with van der Waals surface area (Å²) in [4.78, 5) is 38.3. The average molecular weight is 568 g/mol.